The van der Waals surface area contributed by atoms with Crippen LogP contribution in [-0.2, 0) is 11.2 Å². The summed E-state index contributed by atoms with van der Waals surface area (Å²) in [6.45, 7) is 4.68. The summed E-state index contributed by atoms with van der Waals surface area (Å²) in [5.41, 5.74) is 0.351. The normalized spacial score (nSPS) is 17.2. The van der Waals surface area contributed by atoms with E-state index in [1.54, 1.807) is 19.1 Å². The summed E-state index contributed by atoms with van der Waals surface area (Å²) < 4.78 is 86.7. The van der Waals surface area contributed by atoms with E-state index in [1.165, 1.54) is 18.2 Å². The Bertz CT molecular complexity index is 1160. The van der Waals surface area contributed by atoms with Gasteiger partial charge in [-0.05, 0) is 79.7 Å². The van der Waals surface area contributed by atoms with Gasteiger partial charge in [-0.25, -0.2) is 22.0 Å². The predicted molar refractivity (Wildman–Crippen MR) is 139 cm³/mol. The molecule has 0 N–H and O–H groups in total. The van der Waals surface area contributed by atoms with Gasteiger partial charge in [-0.2, -0.15) is 0 Å². The molecule has 0 spiro atoms. The molecule has 0 bridgehead atoms. The lowest BCUT2D eigenvalue weighted by Gasteiger charge is -2.27. The summed E-state index contributed by atoms with van der Waals surface area (Å²) in [5.74, 6) is -3.87. The Hall–Kier alpha value is -2.80. The highest BCUT2D eigenvalue weighted by molar-refractivity contribution is 5.72. The van der Waals surface area contributed by atoms with Crippen LogP contribution in [0.5, 0.6) is 0 Å². The van der Waals surface area contributed by atoms with Crippen molar-refractivity contribution >= 4 is 0 Å². The lowest BCUT2D eigenvalue weighted by molar-refractivity contribution is 0.0170. The van der Waals surface area contributed by atoms with Crippen LogP contribution >= 0.6 is 0 Å². The van der Waals surface area contributed by atoms with Crippen molar-refractivity contribution in [2.45, 2.75) is 64.9 Å². The standard InChI is InChI=1S/C20H13F5.C11H21FO/c1-2-11-3-4-12(7-16(11)22)15-6-5-13(8-17(15)23)20-18(24)9-14(21)10-19(20)25;1-2-9-13-11-5-3-10(4-6-11)7-8-12/h3-10H,2H2,1H3;10-11H,2-9H2,1H3. The summed E-state index contributed by atoms with van der Waals surface area (Å²) in [6, 6.07) is 9.00. The molecule has 1 saturated carbocycles. The number of aryl methyl sites for hydroxylation is 1. The first-order valence-electron chi connectivity index (χ1n) is 13.2. The van der Waals surface area contributed by atoms with Crippen molar-refractivity contribution in [1.82, 2.24) is 0 Å². The topological polar surface area (TPSA) is 9.23 Å². The van der Waals surface area contributed by atoms with Gasteiger partial charge in [0.25, 0.3) is 0 Å². The molecule has 0 amide bonds. The van der Waals surface area contributed by atoms with Crippen LogP contribution in [0.15, 0.2) is 48.5 Å². The Balaban J connectivity index is 0.000000260. The van der Waals surface area contributed by atoms with Gasteiger partial charge in [0, 0.05) is 24.3 Å². The molecular weight excluding hydrogens is 502 g/mol. The minimum absolute atomic E-state index is 0.0677. The number of rotatable bonds is 8. The Morgan fingerprint density at radius 2 is 1.37 bits per heavy atom. The number of ether oxygens (including phenoxy) is 1. The van der Waals surface area contributed by atoms with Crippen LogP contribution in [0.25, 0.3) is 22.3 Å². The second-order valence-corrected chi connectivity index (χ2v) is 9.59. The molecule has 1 nitrogen and oxygen atoms in total. The maximum Gasteiger partial charge on any atom is 0.136 e. The number of hydrogen-bond donors (Lipinski definition) is 0. The molecular formula is C31H34F6O. The maximum atomic E-state index is 14.4. The maximum absolute atomic E-state index is 14.4. The molecule has 3 aromatic rings. The minimum atomic E-state index is -1.12. The SMILES string of the molecule is CCCOC1CCC(CCF)CC1.CCc1ccc(-c2ccc(-c3c(F)cc(F)cc3F)cc2F)cc1F. The van der Waals surface area contributed by atoms with Gasteiger partial charge in [0.15, 0.2) is 0 Å². The fourth-order valence-electron chi connectivity index (χ4n) is 4.75. The first kappa shape index (κ1) is 29.8. The first-order chi connectivity index (χ1) is 18.3. The van der Waals surface area contributed by atoms with Crippen molar-refractivity contribution in [2.75, 3.05) is 13.3 Å². The lowest BCUT2D eigenvalue weighted by atomic mass is 9.85. The number of alkyl halides is 1. The molecule has 4 rings (SSSR count). The van der Waals surface area contributed by atoms with E-state index in [-0.39, 0.29) is 17.8 Å². The number of hydrogen-bond acceptors (Lipinski definition) is 1. The van der Waals surface area contributed by atoms with E-state index in [9.17, 15) is 26.3 Å². The number of benzene rings is 3. The van der Waals surface area contributed by atoms with Crippen molar-refractivity contribution in [3.05, 3.63) is 83.2 Å². The molecule has 0 aromatic heterocycles. The average Bonchev–Trinajstić information content (AvgIpc) is 2.88. The summed E-state index contributed by atoms with van der Waals surface area (Å²) in [6.07, 6.45) is 7.46. The fraction of sp³-hybridized carbons (Fsp3) is 0.419. The van der Waals surface area contributed by atoms with Gasteiger partial charge in [0.2, 0.25) is 0 Å². The Labute approximate surface area is 220 Å². The van der Waals surface area contributed by atoms with Gasteiger partial charge >= 0.3 is 0 Å². The van der Waals surface area contributed by atoms with Crippen LogP contribution in [-0.4, -0.2) is 19.4 Å². The first-order valence-corrected chi connectivity index (χ1v) is 13.2. The third kappa shape index (κ3) is 7.85. The Morgan fingerprint density at radius 3 is 1.92 bits per heavy atom. The van der Waals surface area contributed by atoms with E-state index in [2.05, 4.69) is 6.92 Å². The molecule has 0 heterocycles. The Morgan fingerprint density at radius 1 is 0.737 bits per heavy atom. The van der Waals surface area contributed by atoms with Crippen molar-refractivity contribution < 1.29 is 31.1 Å². The average molecular weight is 537 g/mol. The second-order valence-electron chi connectivity index (χ2n) is 9.59. The lowest BCUT2D eigenvalue weighted by Crippen LogP contribution is -2.22. The highest BCUT2D eigenvalue weighted by Crippen LogP contribution is 2.32. The van der Waals surface area contributed by atoms with Crippen molar-refractivity contribution in [3.8, 4) is 22.3 Å². The van der Waals surface area contributed by atoms with Gasteiger partial charge in [-0.1, -0.05) is 38.1 Å². The van der Waals surface area contributed by atoms with E-state index in [4.69, 9.17) is 4.74 Å². The van der Waals surface area contributed by atoms with E-state index in [0.29, 0.717) is 41.7 Å². The van der Waals surface area contributed by atoms with Gasteiger partial charge < -0.3 is 4.74 Å². The zero-order valence-corrected chi connectivity index (χ0v) is 21.8. The highest BCUT2D eigenvalue weighted by atomic mass is 19.2. The van der Waals surface area contributed by atoms with Crippen LogP contribution < -0.4 is 0 Å². The molecule has 3 aromatic carbocycles. The van der Waals surface area contributed by atoms with Crippen molar-refractivity contribution in [2.24, 2.45) is 5.92 Å². The van der Waals surface area contributed by atoms with E-state index < -0.39 is 34.6 Å². The molecule has 0 saturated heterocycles. The molecule has 0 aliphatic heterocycles. The van der Waals surface area contributed by atoms with Gasteiger partial charge in [0.1, 0.15) is 29.1 Å². The van der Waals surface area contributed by atoms with Crippen LogP contribution in [0.1, 0.15) is 57.9 Å². The van der Waals surface area contributed by atoms with E-state index in [1.807, 2.05) is 0 Å². The summed E-state index contributed by atoms with van der Waals surface area (Å²) >= 11 is 0. The quantitative estimate of drug-likeness (QED) is 0.261. The highest BCUT2D eigenvalue weighted by Gasteiger charge is 2.21. The van der Waals surface area contributed by atoms with Crippen LogP contribution in [0.4, 0.5) is 26.3 Å². The summed E-state index contributed by atoms with van der Waals surface area (Å²) in [5, 5.41) is 0. The van der Waals surface area contributed by atoms with E-state index in [0.717, 1.165) is 51.2 Å². The third-order valence-electron chi connectivity index (χ3n) is 6.88. The van der Waals surface area contributed by atoms with Crippen LogP contribution in [0.3, 0.4) is 0 Å². The molecule has 0 atom stereocenters. The molecule has 38 heavy (non-hydrogen) atoms. The van der Waals surface area contributed by atoms with E-state index >= 15 is 0 Å². The van der Waals surface area contributed by atoms with Crippen molar-refractivity contribution in [1.29, 1.82) is 0 Å². The zero-order valence-electron chi connectivity index (χ0n) is 21.8. The molecule has 0 radical (unpaired) electrons. The van der Waals surface area contributed by atoms with Crippen LogP contribution in [0.2, 0.25) is 0 Å². The third-order valence-corrected chi connectivity index (χ3v) is 6.88. The minimum Gasteiger partial charge on any atom is -0.378 e. The molecule has 0 unspecified atom stereocenters. The van der Waals surface area contributed by atoms with Gasteiger partial charge in [0.05, 0.1) is 18.3 Å². The summed E-state index contributed by atoms with van der Waals surface area (Å²) in [7, 11) is 0. The molecule has 1 aliphatic rings. The predicted octanol–water partition coefficient (Wildman–Crippen LogP) is 9.61. The summed E-state index contributed by atoms with van der Waals surface area (Å²) in [4.78, 5) is 0. The fourth-order valence-corrected chi connectivity index (χ4v) is 4.75. The van der Waals surface area contributed by atoms with Gasteiger partial charge in [-0.3, -0.25) is 4.39 Å². The van der Waals surface area contributed by atoms with Gasteiger partial charge in [-0.15, -0.1) is 0 Å². The number of halogens is 6. The molecule has 1 fully saturated rings. The Kier molecular flexibility index (Phi) is 11.3. The molecule has 206 valence electrons. The molecule has 1 aliphatic carbocycles. The molecule has 7 heteroatoms. The van der Waals surface area contributed by atoms with Crippen molar-refractivity contribution in [3.63, 3.8) is 0 Å². The smallest absolute Gasteiger partial charge is 0.136 e. The monoisotopic (exact) mass is 536 g/mol. The largest absolute Gasteiger partial charge is 0.378 e. The van der Waals surface area contributed by atoms with Crippen LogP contribution in [0, 0.1) is 35.0 Å². The zero-order chi connectivity index (χ0) is 27.7. The second kappa shape index (κ2) is 14.4.